The molecule has 0 radical (unpaired) electrons. The van der Waals surface area contributed by atoms with Gasteiger partial charge in [0.1, 0.15) is 5.82 Å². The van der Waals surface area contributed by atoms with E-state index in [1.165, 1.54) is 17.1 Å². The highest BCUT2D eigenvalue weighted by Crippen LogP contribution is 2.40. The number of aliphatic carboxylic acids is 2. The number of likely N-dealkylation sites (N-methyl/N-ethyl adjacent to an activating group) is 1. The number of fused-ring (bicyclic) bond motifs is 2. The summed E-state index contributed by atoms with van der Waals surface area (Å²) in [6, 6.07) is 10.6. The van der Waals surface area contributed by atoms with Crippen molar-refractivity contribution in [2.45, 2.75) is 37.3 Å². The lowest BCUT2D eigenvalue weighted by atomic mass is 9.84. The Morgan fingerprint density at radius 2 is 1.43 bits per heavy atom. The summed E-state index contributed by atoms with van der Waals surface area (Å²) in [5.41, 5.74) is 2.65. The summed E-state index contributed by atoms with van der Waals surface area (Å²) in [6.07, 6.45) is -5.81. The predicted octanol–water partition coefficient (Wildman–Crippen LogP) is 3.34. The number of carboxylic acids is 2. The number of rotatable bonds is 1. The molecule has 3 heterocycles. The fraction of sp³-hybridized carbons (Fsp3) is 0.476. The third-order valence-corrected chi connectivity index (χ3v) is 5.65. The minimum absolute atomic E-state index is 0.122. The van der Waals surface area contributed by atoms with Gasteiger partial charge in [-0.15, -0.1) is 0 Å². The number of carboxylic acid groups (broad SMARTS) is 2. The van der Waals surface area contributed by atoms with Crippen LogP contribution in [0.25, 0.3) is 11.3 Å². The average Bonchev–Trinajstić information content (AvgIpc) is 3.23. The molecule has 1 spiro atoms. The van der Waals surface area contributed by atoms with Crippen molar-refractivity contribution in [2.24, 2.45) is 0 Å². The smallest absolute Gasteiger partial charge is 0.475 e. The number of aromatic nitrogens is 2. The molecule has 1 aromatic heterocycles. The molecule has 0 atom stereocenters. The first-order chi connectivity index (χ1) is 16.2. The number of alkyl halides is 6. The van der Waals surface area contributed by atoms with Crippen LogP contribution in [-0.4, -0.2) is 75.6 Å². The van der Waals surface area contributed by atoms with Crippen molar-refractivity contribution in [1.82, 2.24) is 19.8 Å². The molecular weight excluding hydrogens is 486 g/mol. The maximum atomic E-state index is 10.6. The first-order valence-corrected chi connectivity index (χ1v) is 10.3. The lowest BCUT2D eigenvalue weighted by Gasteiger charge is -2.47. The molecule has 1 saturated heterocycles. The number of hydrogen-bond donors (Lipinski definition) is 3. The largest absolute Gasteiger partial charge is 0.490 e. The molecule has 2 aliphatic rings. The molecule has 0 aliphatic carbocycles. The molecule has 0 unspecified atom stereocenters. The third-order valence-electron chi connectivity index (χ3n) is 5.65. The number of carbonyl (C=O) groups is 2. The molecule has 8 nitrogen and oxygen atoms in total. The van der Waals surface area contributed by atoms with Gasteiger partial charge in [0.2, 0.25) is 0 Å². The van der Waals surface area contributed by atoms with Gasteiger partial charge in [-0.25, -0.2) is 14.6 Å². The number of halogens is 6. The van der Waals surface area contributed by atoms with Crippen molar-refractivity contribution in [1.29, 1.82) is 0 Å². The Morgan fingerprint density at radius 1 is 0.943 bits per heavy atom. The van der Waals surface area contributed by atoms with Crippen LogP contribution in [-0.2, 0) is 21.7 Å². The Morgan fingerprint density at radius 3 is 1.89 bits per heavy atom. The highest BCUT2D eigenvalue weighted by atomic mass is 19.4. The van der Waals surface area contributed by atoms with Crippen molar-refractivity contribution >= 4 is 11.9 Å². The zero-order valence-electron chi connectivity index (χ0n) is 18.5. The number of piperidine rings is 1. The van der Waals surface area contributed by atoms with Crippen molar-refractivity contribution in [3.8, 4) is 11.3 Å². The lowest BCUT2D eigenvalue weighted by molar-refractivity contribution is -0.193. The van der Waals surface area contributed by atoms with Gasteiger partial charge in [0.25, 0.3) is 0 Å². The van der Waals surface area contributed by atoms with Crippen LogP contribution < -0.4 is 5.32 Å². The van der Waals surface area contributed by atoms with Gasteiger partial charge in [0.05, 0.1) is 17.4 Å². The molecule has 2 aromatic rings. The first kappa shape index (κ1) is 28.1. The molecule has 1 fully saturated rings. The van der Waals surface area contributed by atoms with Crippen LogP contribution in [0.5, 0.6) is 0 Å². The van der Waals surface area contributed by atoms with Gasteiger partial charge in [0, 0.05) is 13.1 Å². The van der Waals surface area contributed by atoms with Crippen molar-refractivity contribution in [2.75, 3.05) is 26.7 Å². The quantitative estimate of drug-likeness (QED) is 0.505. The number of nitrogens with one attached hydrogen (secondary N) is 1. The van der Waals surface area contributed by atoms with Crippen molar-refractivity contribution in [3.05, 3.63) is 42.4 Å². The van der Waals surface area contributed by atoms with E-state index < -0.39 is 24.3 Å². The summed E-state index contributed by atoms with van der Waals surface area (Å²) in [5.74, 6) is -4.25. The Bertz CT molecular complexity index is 977. The maximum absolute atomic E-state index is 10.6. The average molecular weight is 510 g/mol. The van der Waals surface area contributed by atoms with Crippen LogP contribution in [0.1, 0.15) is 18.7 Å². The maximum Gasteiger partial charge on any atom is 0.490 e. The minimum Gasteiger partial charge on any atom is -0.475 e. The van der Waals surface area contributed by atoms with E-state index in [2.05, 4.69) is 58.4 Å². The normalized spacial score (nSPS) is 17.3. The van der Waals surface area contributed by atoms with E-state index in [0.29, 0.717) is 0 Å². The van der Waals surface area contributed by atoms with E-state index in [4.69, 9.17) is 24.8 Å². The summed E-state index contributed by atoms with van der Waals surface area (Å²) in [6.45, 7) is 4.30. The van der Waals surface area contributed by atoms with Crippen LogP contribution in [0.4, 0.5) is 26.3 Å². The summed E-state index contributed by atoms with van der Waals surface area (Å²) in [4.78, 5) is 25.2. The van der Waals surface area contributed by atoms with Crippen molar-refractivity contribution < 1.29 is 46.1 Å². The SMILES string of the molecule is CN1CCn2c(-c3ccccc3)cnc2C12CCNCC2.O=C(O)C(F)(F)F.O=C(O)C(F)(F)F. The van der Waals surface area contributed by atoms with E-state index in [9.17, 15) is 26.3 Å². The molecule has 2 aliphatic heterocycles. The standard InChI is InChI=1S/C17H22N4.2C2HF3O2/c1-20-11-12-21-15(14-5-3-2-4-6-14)13-19-16(21)17(20)7-9-18-10-8-17;2*3-2(4,5)1(6)7/h2-6,13,18H,7-12H2,1H3;2*(H,6,7). The third kappa shape index (κ3) is 6.94. The number of benzene rings is 1. The topological polar surface area (TPSA) is 108 Å². The zero-order valence-corrected chi connectivity index (χ0v) is 18.5. The molecule has 0 bridgehead atoms. The highest BCUT2D eigenvalue weighted by molar-refractivity contribution is 5.73. The number of hydrogen-bond acceptors (Lipinski definition) is 5. The Hall–Kier alpha value is -3.13. The summed E-state index contributed by atoms with van der Waals surface area (Å²) >= 11 is 0. The van der Waals surface area contributed by atoms with E-state index in [1.807, 2.05) is 0 Å². The van der Waals surface area contributed by atoms with Crippen LogP contribution in [0.2, 0.25) is 0 Å². The van der Waals surface area contributed by atoms with Crippen LogP contribution in [0.15, 0.2) is 36.5 Å². The molecule has 3 N–H and O–H groups in total. The highest BCUT2D eigenvalue weighted by Gasteiger charge is 2.44. The van der Waals surface area contributed by atoms with Crippen LogP contribution in [0, 0.1) is 0 Å². The Labute approximate surface area is 196 Å². The fourth-order valence-electron chi connectivity index (χ4n) is 3.89. The van der Waals surface area contributed by atoms with Gasteiger partial charge in [-0.2, -0.15) is 26.3 Å². The van der Waals surface area contributed by atoms with Gasteiger partial charge in [-0.3, -0.25) is 4.90 Å². The molecule has 4 rings (SSSR count). The van der Waals surface area contributed by atoms with Gasteiger partial charge in [-0.1, -0.05) is 30.3 Å². The molecule has 14 heteroatoms. The Balaban J connectivity index is 0.000000257. The first-order valence-electron chi connectivity index (χ1n) is 10.3. The lowest BCUT2D eigenvalue weighted by Crippen LogP contribution is -2.55. The van der Waals surface area contributed by atoms with Crippen molar-refractivity contribution in [3.63, 3.8) is 0 Å². The van der Waals surface area contributed by atoms with E-state index >= 15 is 0 Å². The van der Waals surface area contributed by atoms with Crippen LogP contribution in [0.3, 0.4) is 0 Å². The summed E-state index contributed by atoms with van der Waals surface area (Å²) < 4.78 is 65.9. The van der Waals surface area contributed by atoms with Gasteiger partial charge in [-0.05, 0) is 38.5 Å². The fourth-order valence-corrected chi connectivity index (χ4v) is 3.89. The summed E-state index contributed by atoms with van der Waals surface area (Å²) in [5, 5.41) is 17.7. The van der Waals surface area contributed by atoms with E-state index in [-0.39, 0.29) is 5.54 Å². The van der Waals surface area contributed by atoms with Crippen LogP contribution >= 0.6 is 0 Å². The monoisotopic (exact) mass is 510 g/mol. The van der Waals surface area contributed by atoms with Gasteiger partial charge >= 0.3 is 24.3 Å². The molecule has 0 amide bonds. The minimum atomic E-state index is -5.08. The van der Waals surface area contributed by atoms with E-state index in [0.717, 1.165) is 39.0 Å². The predicted molar refractivity (Wildman–Crippen MR) is 111 cm³/mol. The Kier molecular flexibility index (Phi) is 8.89. The number of nitrogens with zero attached hydrogens (tertiary/aromatic N) is 3. The second kappa shape index (κ2) is 11.1. The molecule has 0 saturated carbocycles. The number of imidazole rings is 1. The van der Waals surface area contributed by atoms with E-state index in [1.54, 1.807) is 0 Å². The van der Waals surface area contributed by atoms with Gasteiger partial charge in [0.15, 0.2) is 0 Å². The second-order valence-electron chi connectivity index (χ2n) is 7.79. The molecule has 194 valence electrons. The second-order valence-corrected chi connectivity index (χ2v) is 7.79. The van der Waals surface area contributed by atoms with Gasteiger partial charge < -0.3 is 20.1 Å². The molecular formula is C21H24F6N4O4. The molecule has 35 heavy (non-hydrogen) atoms. The zero-order chi connectivity index (χ0) is 26.4. The summed E-state index contributed by atoms with van der Waals surface area (Å²) in [7, 11) is 2.26. The molecule has 1 aromatic carbocycles.